The molecule has 2 aliphatic carbocycles. The van der Waals surface area contributed by atoms with E-state index in [-0.39, 0.29) is 30.6 Å². The summed E-state index contributed by atoms with van der Waals surface area (Å²) >= 11 is 0. The average Bonchev–Trinajstić information content (AvgIpc) is 3.59. The first-order chi connectivity index (χ1) is 18.0. The number of rotatable bonds is 5. The number of allylic oxidation sites excluding steroid dienone is 2. The van der Waals surface area contributed by atoms with E-state index >= 15 is 0 Å². The van der Waals surface area contributed by atoms with E-state index in [2.05, 4.69) is 11.9 Å². The third kappa shape index (κ3) is 4.37. The van der Waals surface area contributed by atoms with E-state index in [0.717, 1.165) is 48.3 Å². The number of carbonyl (C=O) groups excluding carboxylic acids is 2. The van der Waals surface area contributed by atoms with Crippen LogP contribution in [0.3, 0.4) is 0 Å². The summed E-state index contributed by atoms with van der Waals surface area (Å²) in [4.78, 5) is 27.4. The molecule has 0 bridgehead atoms. The van der Waals surface area contributed by atoms with Crippen molar-refractivity contribution in [3.8, 4) is 17.2 Å². The number of esters is 1. The zero-order valence-corrected chi connectivity index (χ0v) is 21.0. The smallest absolute Gasteiger partial charge is 0.316 e. The minimum absolute atomic E-state index is 0.0249. The molecule has 0 spiro atoms. The molecule has 1 N–H and O–H groups in total. The quantitative estimate of drug-likeness (QED) is 0.569. The Hall–Kier alpha value is -3.74. The Balaban J connectivity index is 1.38. The number of methoxy groups -OCH3 is 1. The molecule has 2 aliphatic heterocycles. The molecule has 7 nitrogen and oxygen atoms in total. The van der Waals surface area contributed by atoms with Crippen LogP contribution in [0, 0.1) is 5.92 Å². The Bertz CT molecular complexity index is 1270. The highest BCUT2D eigenvalue weighted by molar-refractivity contribution is 6.01. The SMILES string of the molecule is C=C1NC2=C(C(=O)CC(c3ccc(OC)cc3)C2)C(c2ccc3c(c2)OCO3)C1C(=O)OC1CCCC1. The molecule has 0 amide bonds. The number of benzene rings is 2. The second-order valence-corrected chi connectivity index (χ2v) is 10.3. The second kappa shape index (κ2) is 9.61. The first-order valence-electron chi connectivity index (χ1n) is 13.0. The largest absolute Gasteiger partial charge is 0.497 e. The van der Waals surface area contributed by atoms with E-state index in [4.69, 9.17) is 18.9 Å². The van der Waals surface area contributed by atoms with Crippen molar-refractivity contribution in [3.05, 3.63) is 77.1 Å². The van der Waals surface area contributed by atoms with Gasteiger partial charge in [-0.15, -0.1) is 0 Å². The summed E-state index contributed by atoms with van der Waals surface area (Å²) in [6.45, 7) is 4.40. The van der Waals surface area contributed by atoms with Crippen molar-refractivity contribution in [1.82, 2.24) is 5.32 Å². The van der Waals surface area contributed by atoms with Crippen molar-refractivity contribution in [2.24, 2.45) is 5.92 Å². The molecule has 0 radical (unpaired) electrons. The summed E-state index contributed by atoms with van der Waals surface area (Å²) < 4.78 is 22.4. The van der Waals surface area contributed by atoms with Crippen molar-refractivity contribution in [3.63, 3.8) is 0 Å². The number of ether oxygens (including phenoxy) is 4. The fourth-order valence-corrected chi connectivity index (χ4v) is 6.15. The lowest BCUT2D eigenvalue weighted by atomic mass is 9.69. The lowest BCUT2D eigenvalue weighted by Gasteiger charge is -2.40. The maximum atomic E-state index is 13.8. The normalized spacial score (nSPS) is 25.1. The predicted molar refractivity (Wildman–Crippen MR) is 136 cm³/mol. The molecule has 1 saturated carbocycles. The molecular formula is C30H31NO6. The van der Waals surface area contributed by atoms with Gasteiger partial charge >= 0.3 is 5.97 Å². The molecule has 3 unspecified atom stereocenters. The average molecular weight is 502 g/mol. The van der Waals surface area contributed by atoms with E-state index < -0.39 is 11.8 Å². The zero-order chi connectivity index (χ0) is 25.5. The van der Waals surface area contributed by atoms with Crippen LogP contribution in [0.1, 0.15) is 61.5 Å². The van der Waals surface area contributed by atoms with Crippen LogP contribution < -0.4 is 19.5 Å². The number of Topliss-reactive ketones (excluding diaryl/α,β-unsaturated/α-hetero) is 1. The van der Waals surface area contributed by atoms with Gasteiger partial charge in [0.05, 0.1) is 7.11 Å². The Morgan fingerprint density at radius 1 is 1.00 bits per heavy atom. The number of carbonyl (C=O) groups is 2. The van der Waals surface area contributed by atoms with Gasteiger partial charge in [0.25, 0.3) is 0 Å². The summed E-state index contributed by atoms with van der Waals surface area (Å²) in [5.41, 5.74) is 3.94. The van der Waals surface area contributed by atoms with Gasteiger partial charge in [0.1, 0.15) is 17.8 Å². The van der Waals surface area contributed by atoms with E-state index in [1.807, 2.05) is 42.5 Å². The topological polar surface area (TPSA) is 83.1 Å². The van der Waals surface area contributed by atoms with Crippen LogP contribution in [0.4, 0.5) is 0 Å². The molecule has 2 aromatic carbocycles. The minimum atomic E-state index is -0.707. The molecule has 3 atom stereocenters. The van der Waals surface area contributed by atoms with Crippen LogP contribution in [-0.4, -0.2) is 31.8 Å². The molecule has 4 aliphatic rings. The number of ketones is 1. The van der Waals surface area contributed by atoms with Gasteiger partial charge in [-0.1, -0.05) is 24.8 Å². The Kier molecular flexibility index (Phi) is 6.14. The number of nitrogens with one attached hydrogen (secondary N) is 1. The van der Waals surface area contributed by atoms with Crippen LogP contribution >= 0.6 is 0 Å². The van der Waals surface area contributed by atoms with Crippen molar-refractivity contribution in [2.75, 3.05) is 13.9 Å². The summed E-state index contributed by atoms with van der Waals surface area (Å²) in [7, 11) is 1.64. The van der Waals surface area contributed by atoms with E-state index in [0.29, 0.717) is 35.6 Å². The predicted octanol–water partition coefficient (Wildman–Crippen LogP) is 5.13. The van der Waals surface area contributed by atoms with Gasteiger partial charge < -0.3 is 24.3 Å². The molecule has 6 rings (SSSR count). The van der Waals surface area contributed by atoms with Crippen LogP contribution in [0.2, 0.25) is 0 Å². The molecule has 37 heavy (non-hydrogen) atoms. The first-order valence-corrected chi connectivity index (χ1v) is 13.0. The van der Waals surface area contributed by atoms with Gasteiger partial charge in [-0.25, -0.2) is 0 Å². The standard InChI is InChI=1S/C30H31NO6/c1-17-27(30(33)37-22-5-3-4-6-22)28(19-9-12-25-26(15-19)36-16-35-25)29-23(31-17)13-20(14-24(29)32)18-7-10-21(34-2)11-8-18/h7-12,15,20,22,27-28,31H,1,3-6,13-14,16H2,2H3. The maximum Gasteiger partial charge on any atom is 0.316 e. The monoisotopic (exact) mass is 501 g/mol. The molecule has 1 fully saturated rings. The Labute approximate surface area is 216 Å². The Morgan fingerprint density at radius 2 is 1.73 bits per heavy atom. The molecule has 2 heterocycles. The van der Waals surface area contributed by atoms with E-state index in [9.17, 15) is 9.59 Å². The molecule has 0 saturated heterocycles. The summed E-state index contributed by atoms with van der Waals surface area (Å²) in [5.74, 6) is 0.569. The third-order valence-electron chi connectivity index (χ3n) is 8.02. The van der Waals surface area contributed by atoms with Crippen LogP contribution in [0.25, 0.3) is 0 Å². The van der Waals surface area contributed by atoms with Gasteiger partial charge in [0, 0.05) is 29.3 Å². The third-order valence-corrected chi connectivity index (χ3v) is 8.02. The van der Waals surface area contributed by atoms with Gasteiger partial charge in [-0.2, -0.15) is 0 Å². The highest BCUT2D eigenvalue weighted by atomic mass is 16.7. The van der Waals surface area contributed by atoms with E-state index in [1.165, 1.54) is 0 Å². The minimum Gasteiger partial charge on any atom is -0.497 e. The fourth-order valence-electron chi connectivity index (χ4n) is 6.15. The van der Waals surface area contributed by atoms with Gasteiger partial charge in [-0.3, -0.25) is 9.59 Å². The lowest BCUT2D eigenvalue weighted by Crippen LogP contribution is -2.42. The fraction of sp³-hybridized carbons (Fsp3) is 0.400. The maximum absolute atomic E-state index is 13.8. The highest BCUT2D eigenvalue weighted by Crippen LogP contribution is 2.49. The molecule has 192 valence electrons. The van der Waals surface area contributed by atoms with Crippen LogP contribution in [0.15, 0.2) is 66.0 Å². The summed E-state index contributed by atoms with van der Waals surface area (Å²) in [6.07, 6.45) is 4.83. The highest BCUT2D eigenvalue weighted by Gasteiger charge is 2.46. The van der Waals surface area contributed by atoms with Crippen LogP contribution in [0.5, 0.6) is 17.2 Å². The molecule has 7 heteroatoms. The van der Waals surface area contributed by atoms with Gasteiger partial charge in [-0.05, 0) is 73.4 Å². The first kappa shape index (κ1) is 23.6. The van der Waals surface area contributed by atoms with Gasteiger partial charge in [0.15, 0.2) is 17.3 Å². The zero-order valence-electron chi connectivity index (χ0n) is 21.0. The summed E-state index contributed by atoms with van der Waals surface area (Å²) in [6, 6.07) is 13.5. The van der Waals surface area contributed by atoms with E-state index in [1.54, 1.807) is 7.11 Å². The molecular weight excluding hydrogens is 470 g/mol. The van der Waals surface area contributed by atoms with Crippen molar-refractivity contribution < 1.29 is 28.5 Å². The van der Waals surface area contributed by atoms with Gasteiger partial charge in [0.2, 0.25) is 6.79 Å². The molecule has 0 aromatic heterocycles. The van der Waals surface area contributed by atoms with Crippen molar-refractivity contribution in [2.45, 2.75) is 56.5 Å². The van der Waals surface area contributed by atoms with Crippen molar-refractivity contribution in [1.29, 1.82) is 0 Å². The van der Waals surface area contributed by atoms with Crippen LogP contribution in [-0.2, 0) is 14.3 Å². The lowest BCUT2D eigenvalue weighted by molar-refractivity contribution is -0.153. The number of fused-ring (bicyclic) bond motifs is 1. The summed E-state index contributed by atoms with van der Waals surface area (Å²) in [5, 5.41) is 3.36. The second-order valence-electron chi connectivity index (χ2n) is 10.3. The number of hydrogen-bond acceptors (Lipinski definition) is 7. The number of hydrogen-bond donors (Lipinski definition) is 1. The van der Waals surface area contributed by atoms with Crippen molar-refractivity contribution >= 4 is 11.8 Å². The molecule has 2 aromatic rings. The Morgan fingerprint density at radius 3 is 2.49 bits per heavy atom.